The van der Waals surface area contributed by atoms with Gasteiger partial charge in [-0.1, -0.05) is 13.8 Å². The zero-order valence-electron chi connectivity index (χ0n) is 6.98. The summed E-state index contributed by atoms with van der Waals surface area (Å²) in [6, 6.07) is 0. The molecule has 0 unspecified atom stereocenters. The maximum atomic E-state index is 9.62. The molecule has 0 fully saturated rings. The summed E-state index contributed by atoms with van der Waals surface area (Å²) in [7, 11) is 0. The molecule has 0 aliphatic carbocycles. The van der Waals surface area contributed by atoms with Crippen molar-refractivity contribution in [3.8, 4) is 0 Å². The first-order valence-corrected chi connectivity index (χ1v) is 2.21. The van der Waals surface area contributed by atoms with E-state index < -0.39 is 0 Å². The molecule has 0 bridgehead atoms. The third kappa shape index (κ3) is 10.7. The van der Waals surface area contributed by atoms with Crippen LogP contribution in [0.4, 0.5) is 0 Å². The summed E-state index contributed by atoms with van der Waals surface area (Å²) in [6.45, 7) is 4.04. The summed E-state index contributed by atoms with van der Waals surface area (Å²) in [5, 5.41) is 0. The van der Waals surface area contributed by atoms with Crippen molar-refractivity contribution in [2.24, 2.45) is 5.92 Å². The molecule has 0 aliphatic rings. The number of carbonyl (C=O) groups excluding carboxylic acids is 1. The van der Waals surface area contributed by atoms with Crippen LogP contribution in [0.25, 0.3) is 0 Å². The topological polar surface area (TPSA) is 17.1 Å². The molecule has 1 nitrogen and oxygen atoms in total. The molecule has 0 amide bonds. The third-order valence-corrected chi connectivity index (χ3v) is 0.568. The summed E-state index contributed by atoms with van der Waals surface area (Å²) in [5.41, 5.74) is 0. The average Bonchev–Trinajstić information content (AvgIpc) is 1.35. The Hall–Kier alpha value is 0.436. The zero-order valence-corrected chi connectivity index (χ0v) is 6.39. The quantitative estimate of drug-likeness (QED) is 0.386. The van der Waals surface area contributed by atoms with Gasteiger partial charge in [-0.05, 0) is 5.92 Å². The molecule has 0 atom stereocenters. The summed E-state index contributed by atoms with van der Waals surface area (Å²) in [4.78, 5) is 9.62. The van der Waals surface area contributed by atoms with Crippen LogP contribution in [0.15, 0.2) is 0 Å². The van der Waals surface area contributed by atoms with Gasteiger partial charge in [-0.3, -0.25) is 0 Å². The van der Waals surface area contributed by atoms with E-state index in [1.807, 2.05) is 13.8 Å². The van der Waals surface area contributed by atoms with Crippen molar-refractivity contribution >= 4 is 29.3 Å². The van der Waals surface area contributed by atoms with Crippen LogP contribution < -0.4 is 0 Å². The molecule has 0 aromatic heterocycles. The van der Waals surface area contributed by atoms with Gasteiger partial charge in [-0.2, -0.15) is 0 Å². The number of rotatable bonds is 2. The number of carbonyl (C=O) groups is 1. The molecule has 0 aliphatic heterocycles. The van der Waals surface area contributed by atoms with E-state index in [2.05, 4.69) is 0 Å². The Morgan fingerprint density at radius 1 is 1.71 bits per heavy atom. The van der Waals surface area contributed by atoms with Crippen molar-refractivity contribution in [3.05, 3.63) is 0 Å². The predicted molar refractivity (Wildman–Crippen MR) is 33.5 cm³/mol. The minimum Gasteiger partial charge on any atom is -1.00 e. The van der Waals surface area contributed by atoms with Gasteiger partial charge in [-0.25, -0.2) is 0 Å². The van der Waals surface area contributed by atoms with Crippen LogP contribution >= 0.6 is 0 Å². The van der Waals surface area contributed by atoms with E-state index in [-0.39, 0.29) is 25.9 Å². The first kappa shape index (κ1) is 10.4. The maximum Gasteiger partial charge on any atom is 2.00 e. The van der Waals surface area contributed by atoms with Crippen molar-refractivity contribution < 1.29 is 7.65 Å². The smallest absolute Gasteiger partial charge is 1.00 e. The van der Waals surface area contributed by atoms with Gasteiger partial charge in [0.05, 0.1) is 0 Å². The van der Waals surface area contributed by atoms with Crippen molar-refractivity contribution in [2.75, 3.05) is 0 Å². The molecular formula is C5H12MgO. The molecule has 2 heteroatoms. The van der Waals surface area contributed by atoms with Crippen molar-refractivity contribution in [3.63, 3.8) is 0 Å². The summed E-state index contributed by atoms with van der Waals surface area (Å²) >= 11 is 0. The average molecular weight is 112 g/mol. The van der Waals surface area contributed by atoms with Crippen molar-refractivity contribution in [1.29, 1.82) is 0 Å². The van der Waals surface area contributed by atoms with Gasteiger partial charge in [0.2, 0.25) is 0 Å². The van der Waals surface area contributed by atoms with Crippen molar-refractivity contribution in [2.45, 2.75) is 20.3 Å². The zero-order chi connectivity index (χ0) is 4.99. The van der Waals surface area contributed by atoms with E-state index in [0.717, 1.165) is 6.29 Å². The Morgan fingerprint density at radius 3 is 2.14 bits per heavy atom. The van der Waals surface area contributed by atoms with Crippen LogP contribution in [0.3, 0.4) is 0 Å². The predicted octanol–water partition coefficient (Wildman–Crippen LogP) is 1.08. The third-order valence-electron chi connectivity index (χ3n) is 0.568. The van der Waals surface area contributed by atoms with E-state index >= 15 is 0 Å². The fraction of sp³-hybridized carbons (Fsp3) is 0.800. The first-order valence-electron chi connectivity index (χ1n) is 2.21. The van der Waals surface area contributed by atoms with Gasteiger partial charge < -0.3 is 7.65 Å². The van der Waals surface area contributed by atoms with Gasteiger partial charge in [0.1, 0.15) is 6.29 Å². The maximum absolute atomic E-state index is 9.62. The van der Waals surface area contributed by atoms with Crippen LogP contribution in [0.2, 0.25) is 0 Å². The molecule has 0 radical (unpaired) electrons. The van der Waals surface area contributed by atoms with Crippen LogP contribution in [0.1, 0.15) is 23.1 Å². The minimum atomic E-state index is 0. The molecule has 0 aromatic rings. The van der Waals surface area contributed by atoms with Crippen LogP contribution in [-0.4, -0.2) is 29.3 Å². The van der Waals surface area contributed by atoms with Crippen molar-refractivity contribution in [1.82, 2.24) is 0 Å². The Labute approximate surface area is 63.6 Å². The van der Waals surface area contributed by atoms with E-state index in [0.29, 0.717) is 12.3 Å². The number of hydrogen-bond donors (Lipinski definition) is 0. The molecule has 7 heavy (non-hydrogen) atoms. The summed E-state index contributed by atoms with van der Waals surface area (Å²) in [5.74, 6) is 0.530. The second-order valence-electron chi connectivity index (χ2n) is 1.80. The SMILES string of the molecule is CC(C)CC=O.[H-].[H-].[Mg+2]. The number of aldehydes is 1. The largest absolute Gasteiger partial charge is 2.00 e. The van der Waals surface area contributed by atoms with Gasteiger partial charge >= 0.3 is 23.1 Å². The molecular weight excluding hydrogens is 100 g/mol. The molecule has 40 valence electrons. The summed E-state index contributed by atoms with van der Waals surface area (Å²) in [6.07, 6.45) is 1.64. The standard InChI is InChI=1S/C5H10O.Mg.2H/c1-5(2)3-4-6;;;/h4-5H,3H2,1-2H3;;;/q;+2;2*-1. The Kier molecular flexibility index (Phi) is 9.58. The van der Waals surface area contributed by atoms with Gasteiger partial charge in [-0.15, -0.1) is 0 Å². The van der Waals surface area contributed by atoms with E-state index in [4.69, 9.17) is 0 Å². The first-order chi connectivity index (χ1) is 2.77. The molecule has 0 N–H and O–H groups in total. The van der Waals surface area contributed by atoms with E-state index in [1.165, 1.54) is 0 Å². The molecule has 0 saturated carbocycles. The van der Waals surface area contributed by atoms with Crippen LogP contribution in [0, 0.1) is 5.92 Å². The molecule has 0 spiro atoms. The normalized spacial score (nSPS) is 7.86. The molecule has 0 heterocycles. The molecule has 0 saturated heterocycles. The second-order valence-corrected chi connectivity index (χ2v) is 1.80. The summed E-state index contributed by atoms with van der Waals surface area (Å²) < 4.78 is 0. The Morgan fingerprint density at radius 2 is 2.14 bits per heavy atom. The van der Waals surface area contributed by atoms with Gasteiger partial charge in [0.25, 0.3) is 0 Å². The fourth-order valence-corrected chi connectivity index (χ4v) is 0.192. The molecule has 0 rings (SSSR count). The second kappa shape index (κ2) is 6.44. The monoisotopic (exact) mass is 112 g/mol. The molecule has 0 aromatic carbocycles. The Bertz CT molecular complexity index is 50.2. The van der Waals surface area contributed by atoms with E-state index in [9.17, 15) is 4.79 Å². The number of hydrogen-bond acceptors (Lipinski definition) is 1. The van der Waals surface area contributed by atoms with E-state index in [1.54, 1.807) is 0 Å². The fourth-order valence-electron chi connectivity index (χ4n) is 0.192. The van der Waals surface area contributed by atoms with Crippen LogP contribution in [0.5, 0.6) is 0 Å². The Balaban J connectivity index is -0.0000000417. The minimum absolute atomic E-state index is 0. The van der Waals surface area contributed by atoms with Gasteiger partial charge in [0.15, 0.2) is 0 Å². The van der Waals surface area contributed by atoms with Crippen LogP contribution in [-0.2, 0) is 4.79 Å². The van der Waals surface area contributed by atoms with Gasteiger partial charge in [0, 0.05) is 6.42 Å².